The van der Waals surface area contributed by atoms with Crippen LogP contribution in [0.3, 0.4) is 0 Å². The molecule has 4 nitrogen and oxygen atoms in total. The molecule has 0 aromatic heterocycles. The van der Waals surface area contributed by atoms with E-state index in [1.54, 1.807) is 0 Å². The fourth-order valence-electron chi connectivity index (χ4n) is 4.16. The lowest BCUT2D eigenvalue weighted by atomic mass is 9.93. The molecule has 4 rings (SSSR count). The fraction of sp³-hybridized carbons (Fsp3) is 0.391. The fourth-order valence-corrected chi connectivity index (χ4v) is 4.56. The number of carbonyl (C=O) groups excluding carboxylic acids is 2. The lowest BCUT2D eigenvalue weighted by Gasteiger charge is -2.35. The Kier molecular flexibility index (Phi) is 5.28. The molecule has 2 aromatic carbocycles. The molecule has 0 spiro atoms. The van der Waals surface area contributed by atoms with E-state index in [2.05, 4.69) is 33.4 Å². The number of rotatable bonds is 4. The zero-order chi connectivity index (χ0) is 19.7. The van der Waals surface area contributed by atoms with Gasteiger partial charge in [-0.3, -0.25) is 9.59 Å². The van der Waals surface area contributed by atoms with Gasteiger partial charge in [0.2, 0.25) is 5.91 Å². The number of hydrogen-bond acceptors (Lipinski definition) is 2. The quantitative estimate of drug-likeness (QED) is 0.773. The van der Waals surface area contributed by atoms with Crippen molar-refractivity contribution in [2.75, 3.05) is 13.1 Å². The lowest BCUT2D eigenvalue weighted by molar-refractivity contribution is -0.135. The molecule has 2 aliphatic rings. The van der Waals surface area contributed by atoms with E-state index >= 15 is 0 Å². The number of benzene rings is 2. The maximum absolute atomic E-state index is 13.2. The number of carbonyl (C=O) groups is 2. The highest BCUT2D eigenvalue weighted by atomic mass is 79.9. The summed E-state index contributed by atoms with van der Waals surface area (Å²) in [6.45, 7) is 3.35. The van der Waals surface area contributed by atoms with Gasteiger partial charge >= 0.3 is 0 Å². The minimum atomic E-state index is -0.332. The first-order valence-corrected chi connectivity index (χ1v) is 10.7. The average molecular weight is 441 g/mol. The van der Waals surface area contributed by atoms with Gasteiger partial charge in [-0.05, 0) is 61.9 Å². The Bertz CT molecular complexity index is 899. The number of hydrogen-bond donors (Lipinski definition) is 1. The summed E-state index contributed by atoms with van der Waals surface area (Å²) in [6.07, 6.45) is 3.45. The van der Waals surface area contributed by atoms with Gasteiger partial charge in [0.1, 0.15) is 0 Å². The topological polar surface area (TPSA) is 49.4 Å². The van der Waals surface area contributed by atoms with Crippen LogP contribution in [-0.4, -0.2) is 35.8 Å². The minimum Gasteiger partial charge on any atom is -0.349 e. The largest absolute Gasteiger partial charge is 0.349 e. The van der Waals surface area contributed by atoms with E-state index in [1.165, 1.54) is 0 Å². The molecular formula is C23H25BrN2O2. The highest BCUT2D eigenvalue weighted by molar-refractivity contribution is 9.10. The third-order valence-corrected chi connectivity index (χ3v) is 6.54. The molecule has 146 valence electrons. The molecule has 5 heteroatoms. The Morgan fingerprint density at radius 2 is 1.79 bits per heavy atom. The first-order chi connectivity index (χ1) is 13.5. The van der Waals surface area contributed by atoms with E-state index in [0.717, 1.165) is 46.8 Å². The summed E-state index contributed by atoms with van der Waals surface area (Å²) in [4.78, 5) is 27.7. The molecular weight excluding hydrogens is 416 g/mol. The van der Waals surface area contributed by atoms with Crippen LogP contribution in [0.2, 0.25) is 0 Å². The van der Waals surface area contributed by atoms with Gasteiger partial charge in [-0.25, -0.2) is 0 Å². The lowest BCUT2D eigenvalue weighted by Crippen LogP contribution is -2.49. The summed E-state index contributed by atoms with van der Waals surface area (Å²) in [7, 11) is 0. The van der Waals surface area contributed by atoms with Crippen molar-refractivity contribution in [2.24, 2.45) is 0 Å². The molecule has 28 heavy (non-hydrogen) atoms. The van der Waals surface area contributed by atoms with E-state index in [0.29, 0.717) is 13.1 Å². The smallest absolute Gasteiger partial charge is 0.251 e. The predicted molar refractivity (Wildman–Crippen MR) is 113 cm³/mol. The third kappa shape index (κ3) is 3.72. The van der Waals surface area contributed by atoms with Crippen molar-refractivity contribution in [1.82, 2.24) is 10.2 Å². The van der Waals surface area contributed by atoms with Crippen molar-refractivity contribution in [3.63, 3.8) is 0 Å². The third-order valence-electron chi connectivity index (χ3n) is 6.04. The number of amides is 2. The second-order valence-electron chi connectivity index (χ2n) is 7.95. The molecule has 0 unspecified atom stereocenters. The Balaban J connectivity index is 1.36. The molecule has 1 aliphatic heterocycles. The van der Waals surface area contributed by atoms with Crippen LogP contribution in [0, 0.1) is 6.92 Å². The van der Waals surface area contributed by atoms with Gasteiger partial charge in [0.05, 0.1) is 5.41 Å². The van der Waals surface area contributed by atoms with Crippen LogP contribution in [0.4, 0.5) is 0 Å². The van der Waals surface area contributed by atoms with Gasteiger partial charge in [0.25, 0.3) is 5.91 Å². The molecule has 0 atom stereocenters. The van der Waals surface area contributed by atoms with E-state index in [9.17, 15) is 9.59 Å². The van der Waals surface area contributed by atoms with E-state index in [-0.39, 0.29) is 23.3 Å². The Labute approximate surface area is 174 Å². The van der Waals surface area contributed by atoms with Crippen molar-refractivity contribution in [3.05, 3.63) is 69.7 Å². The molecule has 2 fully saturated rings. The molecule has 0 bridgehead atoms. The number of nitrogens with zero attached hydrogens (tertiary/aromatic N) is 1. The van der Waals surface area contributed by atoms with Crippen molar-refractivity contribution in [1.29, 1.82) is 0 Å². The van der Waals surface area contributed by atoms with E-state index in [1.807, 2.05) is 48.2 Å². The molecule has 1 aliphatic carbocycles. The van der Waals surface area contributed by atoms with Gasteiger partial charge in [-0.15, -0.1) is 0 Å². The van der Waals surface area contributed by atoms with Gasteiger partial charge in [0.15, 0.2) is 0 Å². The summed E-state index contributed by atoms with van der Waals surface area (Å²) < 4.78 is 1.02. The van der Waals surface area contributed by atoms with Crippen molar-refractivity contribution in [3.8, 4) is 0 Å². The molecule has 1 saturated heterocycles. The second-order valence-corrected chi connectivity index (χ2v) is 8.86. The molecule has 1 N–H and O–H groups in total. The van der Waals surface area contributed by atoms with Crippen LogP contribution >= 0.6 is 15.9 Å². The zero-order valence-electron chi connectivity index (χ0n) is 16.1. The van der Waals surface area contributed by atoms with Gasteiger partial charge in [0, 0.05) is 29.2 Å². The molecule has 2 amide bonds. The number of piperidine rings is 1. The van der Waals surface area contributed by atoms with Crippen LogP contribution in [-0.2, 0) is 10.2 Å². The highest BCUT2D eigenvalue weighted by Gasteiger charge is 2.53. The van der Waals surface area contributed by atoms with Crippen molar-refractivity contribution < 1.29 is 9.59 Å². The van der Waals surface area contributed by atoms with Crippen LogP contribution in [0.15, 0.2) is 53.0 Å². The molecule has 1 saturated carbocycles. The van der Waals surface area contributed by atoms with Crippen molar-refractivity contribution >= 4 is 27.7 Å². The first kappa shape index (κ1) is 19.2. The molecule has 2 aromatic rings. The average Bonchev–Trinajstić information content (AvgIpc) is 3.50. The number of likely N-dealkylation sites (tertiary alicyclic amines) is 1. The monoisotopic (exact) mass is 440 g/mol. The Morgan fingerprint density at radius 3 is 2.43 bits per heavy atom. The maximum Gasteiger partial charge on any atom is 0.251 e. The predicted octanol–water partition coefficient (Wildman–Crippen LogP) is 4.21. The SMILES string of the molecule is Cc1ccccc1C(=O)NC1CCN(C(=O)C2(c3cccc(Br)c3)CC2)CC1. The molecule has 1 heterocycles. The minimum absolute atomic E-state index is 0.0179. The summed E-state index contributed by atoms with van der Waals surface area (Å²) in [5.74, 6) is 0.227. The highest BCUT2D eigenvalue weighted by Crippen LogP contribution is 2.50. The summed E-state index contributed by atoms with van der Waals surface area (Å²) in [6, 6.07) is 15.9. The second kappa shape index (κ2) is 7.70. The number of nitrogens with one attached hydrogen (secondary N) is 1. The number of aryl methyl sites for hydroxylation is 1. The van der Waals surface area contributed by atoms with Gasteiger partial charge < -0.3 is 10.2 Å². The normalized spacial score (nSPS) is 18.6. The van der Waals surface area contributed by atoms with Gasteiger partial charge in [-0.1, -0.05) is 46.3 Å². The summed E-state index contributed by atoms with van der Waals surface area (Å²) >= 11 is 3.52. The van der Waals surface area contributed by atoms with E-state index in [4.69, 9.17) is 0 Å². The maximum atomic E-state index is 13.2. The van der Waals surface area contributed by atoms with Gasteiger partial charge in [-0.2, -0.15) is 0 Å². The zero-order valence-corrected chi connectivity index (χ0v) is 17.7. The van der Waals surface area contributed by atoms with Crippen LogP contribution in [0.5, 0.6) is 0 Å². The van der Waals surface area contributed by atoms with Crippen LogP contribution < -0.4 is 5.32 Å². The number of halogens is 1. The standard InChI is InChI=1S/C23H25BrN2O2/c1-16-5-2-3-8-20(16)21(27)25-19-9-13-26(14-10-19)22(28)23(11-12-23)17-6-4-7-18(24)15-17/h2-8,15,19H,9-14H2,1H3,(H,25,27). The summed E-state index contributed by atoms with van der Waals surface area (Å²) in [5, 5.41) is 3.15. The van der Waals surface area contributed by atoms with Crippen molar-refractivity contribution in [2.45, 2.75) is 44.1 Å². The molecule has 0 radical (unpaired) electrons. The Hall–Kier alpha value is -2.14. The van der Waals surface area contributed by atoms with Crippen LogP contribution in [0.25, 0.3) is 0 Å². The summed E-state index contributed by atoms with van der Waals surface area (Å²) in [5.41, 5.74) is 2.49. The van der Waals surface area contributed by atoms with E-state index < -0.39 is 0 Å². The van der Waals surface area contributed by atoms with Crippen LogP contribution in [0.1, 0.15) is 47.2 Å². The Morgan fingerprint density at radius 1 is 1.07 bits per heavy atom. The first-order valence-electron chi connectivity index (χ1n) is 9.91.